The Morgan fingerprint density at radius 2 is 1.89 bits per heavy atom. The zero-order chi connectivity index (χ0) is 20.1. The third-order valence-corrected chi connectivity index (χ3v) is 5.60. The third-order valence-electron chi connectivity index (χ3n) is 3.58. The topological polar surface area (TPSA) is 54.9 Å². The molecule has 1 aromatic heterocycles. The second-order valence-electron chi connectivity index (χ2n) is 5.68. The van der Waals surface area contributed by atoms with Crippen LogP contribution < -0.4 is 5.32 Å². The van der Waals surface area contributed by atoms with Crippen LogP contribution in [0.3, 0.4) is 0 Å². The van der Waals surface area contributed by atoms with E-state index < -0.39 is 17.6 Å². The molecule has 0 saturated carbocycles. The lowest BCUT2D eigenvalue weighted by atomic mass is 10.1. The Morgan fingerprint density at radius 3 is 2.64 bits per heavy atom. The summed E-state index contributed by atoms with van der Waals surface area (Å²) < 4.78 is 52.3. The first-order valence-electron chi connectivity index (χ1n) is 7.97. The van der Waals surface area contributed by atoms with Crippen LogP contribution >= 0.6 is 23.1 Å². The lowest BCUT2D eigenvalue weighted by molar-refractivity contribution is -0.137. The number of nitrogens with zero attached hydrogens (tertiary/aromatic N) is 2. The summed E-state index contributed by atoms with van der Waals surface area (Å²) in [5, 5.41) is 10.5. The molecule has 28 heavy (non-hydrogen) atoms. The van der Waals surface area contributed by atoms with Crippen LogP contribution in [0.2, 0.25) is 0 Å². The van der Waals surface area contributed by atoms with Gasteiger partial charge in [0.25, 0.3) is 0 Å². The molecule has 0 bridgehead atoms. The van der Waals surface area contributed by atoms with Crippen LogP contribution in [0.1, 0.15) is 16.7 Å². The van der Waals surface area contributed by atoms with E-state index in [4.69, 9.17) is 0 Å². The number of halogens is 4. The van der Waals surface area contributed by atoms with Gasteiger partial charge < -0.3 is 5.32 Å². The summed E-state index contributed by atoms with van der Waals surface area (Å²) >= 11 is 2.38. The molecule has 1 N–H and O–H groups in total. The second-order valence-corrected chi connectivity index (χ2v) is 7.88. The van der Waals surface area contributed by atoms with Crippen LogP contribution in [0.25, 0.3) is 0 Å². The molecule has 0 atom stereocenters. The van der Waals surface area contributed by atoms with Crippen molar-refractivity contribution in [3.63, 3.8) is 0 Å². The van der Waals surface area contributed by atoms with Gasteiger partial charge >= 0.3 is 6.18 Å². The summed E-state index contributed by atoms with van der Waals surface area (Å²) in [5.41, 5.74) is -0.0376. The highest BCUT2D eigenvalue weighted by atomic mass is 32.2. The molecule has 0 aliphatic rings. The highest BCUT2D eigenvalue weighted by Gasteiger charge is 2.30. The third kappa shape index (κ3) is 5.52. The molecule has 0 spiro atoms. The van der Waals surface area contributed by atoms with E-state index in [1.165, 1.54) is 30.0 Å². The van der Waals surface area contributed by atoms with Crippen LogP contribution in [0.5, 0.6) is 0 Å². The lowest BCUT2D eigenvalue weighted by Gasteiger charge is -2.08. The molecule has 0 fully saturated rings. The number of benzene rings is 2. The fourth-order valence-electron chi connectivity index (χ4n) is 2.28. The summed E-state index contributed by atoms with van der Waals surface area (Å²) in [6.45, 7) is 0. The van der Waals surface area contributed by atoms with Gasteiger partial charge in [0.2, 0.25) is 11.0 Å². The number of alkyl halides is 3. The number of hydrogen-bond acceptors (Lipinski definition) is 5. The normalized spacial score (nSPS) is 11.4. The second kappa shape index (κ2) is 8.70. The molecular weight excluding hydrogens is 414 g/mol. The van der Waals surface area contributed by atoms with E-state index in [1.54, 1.807) is 18.2 Å². The molecule has 0 radical (unpaired) electrons. The highest BCUT2D eigenvalue weighted by molar-refractivity contribution is 8.00. The minimum atomic E-state index is -4.46. The zero-order valence-electron chi connectivity index (χ0n) is 14.2. The van der Waals surface area contributed by atoms with Crippen molar-refractivity contribution in [2.45, 2.75) is 22.7 Å². The van der Waals surface area contributed by atoms with E-state index in [9.17, 15) is 22.4 Å². The average molecular weight is 427 g/mol. The van der Waals surface area contributed by atoms with Crippen LogP contribution in [-0.4, -0.2) is 16.1 Å². The number of carbonyl (C=O) groups excluding carboxylic acids is 1. The summed E-state index contributed by atoms with van der Waals surface area (Å²) in [5.74, 6) is -0.449. The molecule has 0 aliphatic carbocycles. The molecule has 4 nitrogen and oxygen atoms in total. The minimum absolute atomic E-state index is 0.221. The molecule has 2 aromatic carbocycles. The number of anilines is 1. The maximum absolute atomic E-state index is 13.6. The lowest BCUT2D eigenvalue weighted by Crippen LogP contribution is -2.15. The van der Waals surface area contributed by atoms with Crippen LogP contribution in [0, 0.1) is 5.82 Å². The van der Waals surface area contributed by atoms with Crippen molar-refractivity contribution < 1.29 is 22.4 Å². The SMILES string of the molecule is O=C(Cc1cccc(C(F)(F)F)c1)Nc1nnc(SCc2ccccc2F)s1. The molecule has 0 unspecified atom stereocenters. The van der Waals surface area contributed by atoms with Gasteiger partial charge in [0.15, 0.2) is 4.34 Å². The van der Waals surface area contributed by atoms with E-state index >= 15 is 0 Å². The van der Waals surface area contributed by atoms with Gasteiger partial charge in [0.1, 0.15) is 5.82 Å². The van der Waals surface area contributed by atoms with Gasteiger partial charge in [-0.1, -0.05) is 59.5 Å². The van der Waals surface area contributed by atoms with Crippen molar-refractivity contribution in [1.82, 2.24) is 10.2 Å². The first kappa shape index (κ1) is 20.3. The Balaban J connectivity index is 1.56. The van der Waals surface area contributed by atoms with Crippen molar-refractivity contribution in [1.29, 1.82) is 0 Å². The number of carbonyl (C=O) groups is 1. The smallest absolute Gasteiger partial charge is 0.300 e. The monoisotopic (exact) mass is 427 g/mol. The first-order valence-corrected chi connectivity index (χ1v) is 9.77. The van der Waals surface area contributed by atoms with E-state index in [1.807, 2.05) is 0 Å². The van der Waals surface area contributed by atoms with Gasteiger partial charge in [-0.25, -0.2) is 4.39 Å². The molecule has 10 heteroatoms. The van der Waals surface area contributed by atoms with Crippen LogP contribution in [0.4, 0.5) is 22.7 Å². The maximum atomic E-state index is 13.6. The van der Waals surface area contributed by atoms with Gasteiger partial charge in [-0.2, -0.15) is 13.2 Å². The Hall–Kier alpha value is -2.46. The predicted molar refractivity (Wildman–Crippen MR) is 99.6 cm³/mol. The van der Waals surface area contributed by atoms with Gasteiger partial charge in [0, 0.05) is 5.75 Å². The molecule has 0 saturated heterocycles. The molecule has 146 valence electrons. The number of aromatic nitrogens is 2. The minimum Gasteiger partial charge on any atom is -0.300 e. The Kier molecular flexibility index (Phi) is 6.30. The van der Waals surface area contributed by atoms with Crippen molar-refractivity contribution in [2.75, 3.05) is 5.32 Å². The maximum Gasteiger partial charge on any atom is 0.416 e. The summed E-state index contributed by atoms with van der Waals surface area (Å²) in [6, 6.07) is 11.0. The van der Waals surface area contributed by atoms with Crippen molar-refractivity contribution in [2.24, 2.45) is 0 Å². The van der Waals surface area contributed by atoms with Gasteiger partial charge in [-0.3, -0.25) is 4.79 Å². The summed E-state index contributed by atoms with van der Waals surface area (Å²) in [7, 11) is 0. The fraction of sp³-hybridized carbons (Fsp3) is 0.167. The number of amides is 1. The van der Waals surface area contributed by atoms with E-state index in [-0.39, 0.29) is 22.9 Å². The van der Waals surface area contributed by atoms with Crippen molar-refractivity contribution >= 4 is 34.1 Å². The average Bonchev–Trinajstić information content (AvgIpc) is 3.07. The first-order chi connectivity index (χ1) is 13.3. The van der Waals surface area contributed by atoms with E-state index in [0.29, 0.717) is 15.7 Å². The number of rotatable bonds is 6. The zero-order valence-corrected chi connectivity index (χ0v) is 15.8. The van der Waals surface area contributed by atoms with Gasteiger partial charge in [-0.15, -0.1) is 10.2 Å². The van der Waals surface area contributed by atoms with Gasteiger partial charge in [-0.05, 0) is 23.3 Å². The quantitative estimate of drug-likeness (QED) is 0.335. The Morgan fingerprint density at radius 1 is 1.11 bits per heavy atom. The number of nitrogens with one attached hydrogen (secondary N) is 1. The van der Waals surface area contributed by atoms with E-state index in [0.717, 1.165) is 23.5 Å². The fourth-order valence-corrected chi connectivity index (χ4v) is 4.03. The van der Waals surface area contributed by atoms with Gasteiger partial charge in [0.05, 0.1) is 12.0 Å². The standard InChI is InChI=1S/C18H13F4N3OS2/c19-14-7-2-1-5-12(14)10-27-17-25-24-16(28-17)23-15(26)9-11-4-3-6-13(8-11)18(20,21)22/h1-8H,9-10H2,(H,23,24,26). The highest BCUT2D eigenvalue weighted by Crippen LogP contribution is 2.30. The Labute approximate surface area is 166 Å². The summed E-state index contributed by atoms with van der Waals surface area (Å²) in [4.78, 5) is 12.1. The number of hydrogen-bond donors (Lipinski definition) is 1. The van der Waals surface area contributed by atoms with Crippen LogP contribution in [0.15, 0.2) is 52.9 Å². The van der Waals surface area contributed by atoms with Crippen molar-refractivity contribution in [3.8, 4) is 0 Å². The van der Waals surface area contributed by atoms with Crippen LogP contribution in [-0.2, 0) is 23.1 Å². The molecule has 0 aliphatic heterocycles. The van der Waals surface area contributed by atoms with Crippen molar-refractivity contribution in [3.05, 3.63) is 71.0 Å². The largest absolute Gasteiger partial charge is 0.416 e. The number of thioether (sulfide) groups is 1. The predicted octanol–water partition coefficient (Wildman–Crippen LogP) is 5.17. The molecule has 1 amide bonds. The molecular formula is C18H13F4N3OS2. The Bertz CT molecular complexity index is 975. The summed E-state index contributed by atoms with van der Waals surface area (Å²) in [6.07, 6.45) is -4.68. The molecule has 3 aromatic rings. The van der Waals surface area contributed by atoms with E-state index in [2.05, 4.69) is 15.5 Å². The molecule has 1 heterocycles. The molecule has 3 rings (SSSR count).